The van der Waals surface area contributed by atoms with Gasteiger partial charge in [0.1, 0.15) is 18.2 Å². The maximum absolute atomic E-state index is 13.6. The van der Waals surface area contributed by atoms with E-state index in [-0.39, 0.29) is 23.8 Å². The van der Waals surface area contributed by atoms with Gasteiger partial charge in [-0.15, -0.1) is 0 Å². The Hall–Kier alpha value is -3.62. The van der Waals surface area contributed by atoms with Gasteiger partial charge in [0.2, 0.25) is 11.9 Å². The standard InChI is InChI=1S/C26H29FN6O2/c1-14(2)22-13-35-26(34)33(22)25-31-23(17-5-6-17)30-24(32-25)29-16(4)21-10-8-19(12-28-21)18-7-9-20(27)15(3)11-18/h7-12,14,16-17,22H,5-6,13H2,1-4H3,(H,29,30,31,32)/t16-,22+/m0/s1. The highest BCUT2D eigenvalue weighted by atomic mass is 19.1. The van der Waals surface area contributed by atoms with Crippen molar-refractivity contribution in [2.45, 2.75) is 58.5 Å². The van der Waals surface area contributed by atoms with Gasteiger partial charge in [0.25, 0.3) is 0 Å². The van der Waals surface area contributed by atoms with Gasteiger partial charge in [-0.3, -0.25) is 4.98 Å². The maximum atomic E-state index is 13.6. The van der Waals surface area contributed by atoms with Crippen LogP contribution in [0, 0.1) is 18.7 Å². The fourth-order valence-electron chi connectivity index (χ4n) is 4.16. The number of rotatable bonds is 7. The van der Waals surface area contributed by atoms with E-state index in [2.05, 4.69) is 25.3 Å². The molecule has 0 unspecified atom stereocenters. The molecule has 0 spiro atoms. The molecule has 5 rings (SSSR count). The zero-order chi connectivity index (χ0) is 24.7. The molecule has 1 saturated carbocycles. The molecule has 2 aliphatic rings. The van der Waals surface area contributed by atoms with Crippen LogP contribution in [-0.2, 0) is 4.74 Å². The summed E-state index contributed by atoms with van der Waals surface area (Å²) in [6, 6.07) is 8.63. The minimum Gasteiger partial charge on any atom is -0.447 e. The summed E-state index contributed by atoms with van der Waals surface area (Å²) in [7, 11) is 0. The molecule has 9 heteroatoms. The minimum absolute atomic E-state index is 0.119. The van der Waals surface area contributed by atoms with E-state index >= 15 is 0 Å². The van der Waals surface area contributed by atoms with Crippen LogP contribution in [-0.4, -0.2) is 38.7 Å². The normalized spacial score (nSPS) is 18.6. The number of hydrogen-bond donors (Lipinski definition) is 1. The van der Waals surface area contributed by atoms with E-state index in [1.165, 1.54) is 6.07 Å². The number of aromatic nitrogens is 4. The SMILES string of the molecule is Cc1cc(-c2ccc([C@H](C)Nc3nc(C4CC4)nc(N4C(=O)OC[C@@H]4C(C)C)n3)nc2)ccc1F. The Morgan fingerprint density at radius 3 is 2.51 bits per heavy atom. The van der Waals surface area contributed by atoms with Gasteiger partial charge in [0.05, 0.1) is 17.8 Å². The zero-order valence-corrected chi connectivity index (χ0v) is 20.3. The Balaban J connectivity index is 1.38. The summed E-state index contributed by atoms with van der Waals surface area (Å²) in [6.45, 7) is 8.14. The van der Waals surface area contributed by atoms with Crippen LogP contribution in [0.2, 0.25) is 0 Å². The van der Waals surface area contributed by atoms with Gasteiger partial charge in [0.15, 0.2) is 0 Å². The molecule has 8 nitrogen and oxygen atoms in total. The molecule has 1 aliphatic heterocycles. The van der Waals surface area contributed by atoms with Crippen LogP contribution in [0.3, 0.4) is 0 Å². The van der Waals surface area contributed by atoms with Gasteiger partial charge in [-0.1, -0.05) is 26.0 Å². The third-order valence-electron chi connectivity index (χ3n) is 6.54. The summed E-state index contributed by atoms with van der Waals surface area (Å²) < 4.78 is 18.9. The lowest BCUT2D eigenvalue weighted by atomic mass is 10.0. The van der Waals surface area contributed by atoms with Crippen molar-refractivity contribution in [1.29, 1.82) is 0 Å². The van der Waals surface area contributed by atoms with Crippen LogP contribution in [0.15, 0.2) is 36.5 Å². The zero-order valence-electron chi connectivity index (χ0n) is 20.3. The molecule has 2 fully saturated rings. The predicted molar refractivity (Wildman–Crippen MR) is 131 cm³/mol. The number of pyridine rings is 1. The Kier molecular flexibility index (Phi) is 6.08. The molecule has 0 bridgehead atoms. The quantitative estimate of drug-likeness (QED) is 0.487. The summed E-state index contributed by atoms with van der Waals surface area (Å²) in [5.74, 6) is 1.70. The van der Waals surface area contributed by atoms with Crippen molar-refractivity contribution < 1.29 is 13.9 Å². The topological polar surface area (TPSA) is 93.1 Å². The highest BCUT2D eigenvalue weighted by Crippen LogP contribution is 2.39. The van der Waals surface area contributed by atoms with Crippen molar-refractivity contribution in [3.05, 3.63) is 59.4 Å². The van der Waals surface area contributed by atoms with Crippen molar-refractivity contribution >= 4 is 18.0 Å². The summed E-state index contributed by atoms with van der Waals surface area (Å²) in [5.41, 5.74) is 3.23. The first-order valence-electron chi connectivity index (χ1n) is 12.0. The highest BCUT2D eigenvalue weighted by Gasteiger charge is 2.39. The maximum Gasteiger partial charge on any atom is 0.417 e. The highest BCUT2D eigenvalue weighted by molar-refractivity contribution is 5.88. The number of hydrogen-bond acceptors (Lipinski definition) is 7. The number of carbonyl (C=O) groups is 1. The average molecular weight is 477 g/mol. The number of nitrogens with zero attached hydrogens (tertiary/aromatic N) is 5. The van der Waals surface area contributed by atoms with E-state index in [9.17, 15) is 9.18 Å². The molecular weight excluding hydrogens is 447 g/mol. The first-order valence-corrected chi connectivity index (χ1v) is 12.0. The van der Waals surface area contributed by atoms with Crippen LogP contribution in [0.4, 0.5) is 21.1 Å². The van der Waals surface area contributed by atoms with Gasteiger partial charge < -0.3 is 10.1 Å². The number of aryl methyl sites for hydroxylation is 1. The molecule has 35 heavy (non-hydrogen) atoms. The van der Waals surface area contributed by atoms with Crippen molar-refractivity contribution in [2.24, 2.45) is 5.92 Å². The molecule has 1 amide bonds. The van der Waals surface area contributed by atoms with Gasteiger partial charge in [0, 0.05) is 17.7 Å². The number of ether oxygens (including phenoxy) is 1. The number of nitrogens with one attached hydrogen (secondary N) is 1. The number of benzene rings is 1. The van der Waals surface area contributed by atoms with Crippen molar-refractivity contribution in [3.8, 4) is 11.1 Å². The Labute approximate surface area is 204 Å². The Bertz CT molecular complexity index is 1250. The van der Waals surface area contributed by atoms with E-state index in [1.54, 1.807) is 24.1 Å². The lowest BCUT2D eigenvalue weighted by molar-refractivity contribution is 0.177. The van der Waals surface area contributed by atoms with Gasteiger partial charge >= 0.3 is 6.09 Å². The van der Waals surface area contributed by atoms with E-state index in [1.807, 2.05) is 39.0 Å². The van der Waals surface area contributed by atoms with Crippen LogP contribution in [0.25, 0.3) is 11.1 Å². The fourth-order valence-corrected chi connectivity index (χ4v) is 4.16. The number of anilines is 2. The van der Waals surface area contributed by atoms with E-state index in [4.69, 9.17) is 4.74 Å². The Morgan fingerprint density at radius 2 is 1.86 bits per heavy atom. The third kappa shape index (κ3) is 4.80. The Morgan fingerprint density at radius 1 is 1.09 bits per heavy atom. The molecule has 3 heterocycles. The second kappa shape index (κ2) is 9.20. The van der Waals surface area contributed by atoms with Crippen LogP contribution in [0.1, 0.15) is 62.7 Å². The van der Waals surface area contributed by atoms with Crippen LogP contribution >= 0.6 is 0 Å². The molecule has 1 aliphatic carbocycles. The average Bonchev–Trinajstić information content (AvgIpc) is 3.62. The second-order valence-corrected chi connectivity index (χ2v) is 9.65. The van der Waals surface area contributed by atoms with E-state index < -0.39 is 6.09 Å². The molecule has 3 aromatic rings. The summed E-state index contributed by atoms with van der Waals surface area (Å²) >= 11 is 0. The molecule has 0 radical (unpaired) electrons. The second-order valence-electron chi connectivity index (χ2n) is 9.65. The molecular formula is C26H29FN6O2. The fraction of sp³-hybridized carbons (Fsp3) is 0.423. The monoisotopic (exact) mass is 476 g/mol. The summed E-state index contributed by atoms with van der Waals surface area (Å²) in [5, 5.41) is 3.33. The van der Waals surface area contributed by atoms with E-state index in [0.29, 0.717) is 35.8 Å². The number of amides is 1. The van der Waals surface area contributed by atoms with Crippen LogP contribution < -0.4 is 10.2 Å². The van der Waals surface area contributed by atoms with Crippen molar-refractivity contribution in [1.82, 2.24) is 19.9 Å². The molecule has 1 N–H and O–H groups in total. The first-order chi connectivity index (χ1) is 16.8. The van der Waals surface area contributed by atoms with Crippen LogP contribution in [0.5, 0.6) is 0 Å². The summed E-state index contributed by atoms with van der Waals surface area (Å²) in [6.07, 6.45) is 3.41. The number of cyclic esters (lactones) is 1. The summed E-state index contributed by atoms with van der Waals surface area (Å²) in [4.78, 5) is 32.5. The van der Waals surface area contributed by atoms with Gasteiger partial charge in [-0.25, -0.2) is 14.1 Å². The molecule has 1 aromatic carbocycles. The number of carbonyl (C=O) groups excluding carboxylic acids is 1. The van der Waals surface area contributed by atoms with Gasteiger partial charge in [-0.05, 0) is 61.9 Å². The smallest absolute Gasteiger partial charge is 0.417 e. The molecule has 2 atom stereocenters. The minimum atomic E-state index is -0.427. The van der Waals surface area contributed by atoms with E-state index in [0.717, 1.165) is 29.7 Å². The van der Waals surface area contributed by atoms with Gasteiger partial charge in [-0.2, -0.15) is 15.0 Å². The lowest BCUT2D eigenvalue weighted by Crippen LogP contribution is -2.38. The first kappa shape index (κ1) is 23.1. The lowest BCUT2D eigenvalue weighted by Gasteiger charge is -2.23. The molecule has 2 aromatic heterocycles. The molecule has 1 saturated heterocycles. The van der Waals surface area contributed by atoms with Crippen molar-refractivity contribution in [3.63, 3.8) is 0 Å². The predicted octanol–water partition coefficient (Wildman–Crippen LogP) is 5.41. The number of halogens is 1. The largest absolute Gasteiger partial charge is 0.447 e. The van der Waals surface area contributed by atoms with Crippen molar-refractivity contribution in [2.75, 3.05) is 16.8 Å². The third-order valence-corrected chi connectivity index (χ3v) is 6.54. The molecule has 182 valence electrons.